The summed E-state index contributed by atoms with van der Waals surface area (Å²) in [7, 11) is 0. The van der Waals surface area contributed by atoms with Crippen molar-refractivity contribution in [1.29, 1.82) is 0 Å². The Hall–Kier alpha value is -2.02. The molecule has 2 saturated heterocycles. The number of aromatic nitrogens is 1. The molecular formula is C16H19FN2O4. The summed E-state index contributed by atoms with van der Waals surface area (Å²) in [5.41, 5.74) is 0.0431. The van der Waals surface area contributed by atoms with Gasteiger partial charge in [-0.2, -0.15) is 0 Å². The number of likely N-dealkylation sites (tertiary alicyclic amines) is 1. The standard InChI is InChI=1S/C16H19FN2O4/c17-12-9-18-6-3-11(12)15(20)19-7-4-10(5-8-19)13-1-2-14(23-13)16(21)22/h3,6,9-10,13-14H,1-2,4-5,7-8H2,(H,21,22)/t13-,14+/m0/s1. The highest BCUT2D eigenvalue weighted by molar-refractivity contribution is 5.94. The maximum atomic E-state index is 13.7. The molecule has 2 atom stereocenters. The number of piperidine rings is 1. The topological polar surface area (TPSA) is 79.7 Å². The first kappa shape index (κ1) is 15.9. The molecule has 0 radical (unpaired) electrons. The van der Waals surface area contributed by atoms with Gasteiger partial charge in [-0.15, -0.1) is 0 Å². The van der Waals surface area contributed by atoms with Gasteiger partial charge in [0.2, 0.25) is 0 Å². The monoisotopic (exact) mass is 322 g/mol. The molecule has 0 unspecified atom stereocenters. The highest BCUT2D eigenvalue weighted by atomic mass is 19.1. The van der Waals surface area contributed by atoms with E-state index in [4.69, 9.17) is 9.84 Å². The van der Waals surface area contributed by atoms with E-state index in [2.05, 4.69) is 4.98 Å². The van der Waals surface area contributed by atoms with E-state index < -0.39 is 17.9 Å². The van der Waals surface area contributed by atoms with Crippen LogP contribution in [-0.2, 0) is 9.53 Å². The lowest BCUT2D eigenvalue weighted by atomic mass is 9.89. The molecule has 0 aromatic carbocycles. The van der Waals surface area contributed by atoms with Crippen molar-refractivity contribution < 1.29 is 23.8 Å². The summed E-state index contributed by atoms with van der Waals surface area (Å²) in [6.45, 7) is 1.06. The molecule has 7 heteroatoms. The third kappa shape index (κ3) is 3.34. The van der Waals surface area contributed by atoms with Crippen molar-refractivity contribution in [2.24, 2.45) is 5.92 Å². The van der Waals surface area contributed by atoms with Crippen LogP contribution < -0.4 is 0 Å². The van der Waals surface area contributed by atoms with Gasteiger partial charge in [-0.1, -0.05) is 0 Å². The molecule has 0 bridgehead atoms. The Balaban J connectivity index is 1.56. The van der Waals surface area contributed by atoms with E-state index >= 15 is 0 Å². The number of carbonyl (C=O) groups is 2. The van der Waals surface area contributed by atoms with Crippen LogP contribution in [0.25, 0.3) is 0 Å². The number of hydrogen-bond donors (Lipinski definition) is 1. The van der Waals surface area contributed by atoms with Crippen LogP contribution in [0.1, 0.15) is 36.0 Å². The molecule has 6 nitrogen and oxygen atoms in total. The predicted molar refractivity (Wildman–Crippen MR) is 78.4 cm³/mol. The number of pyridine rings is 1. The second kappa shape index (κ2) is 6.62. The maximum absolute atomic E-state index is 13.7. The zero-order valence-electron chi connectivity index (χ0n) is 12.7. The summed E-state index contributed by atoms with van der Waals surface area (Å²) in [5, 5.41) is 8.98. The number of aliphatic carboxylic acids is 1. The number of carboxylic acid groups (broad SMARTS) is 1. The molecule has 124 valence electrons. The first-order chi connectivity index (χ1) is 11.1. The van der Waals surface area contributed by atoms with Crippen molar-refractivity contribution in [2.75, 3.05) is 13.1 Å². The fraction of sp³-hybridized carbons (Fsp3) is 0.562. The molecule has 1 N–H and O–H groups in total. The molecule has 0 saturated carbocycles. The molecule has 0 aliphatic carbocycles. The summed E-state index contributed by atoms with van der Waals surface area (Å²) in [4.78, 5) is 28.6. The number of rotatable bonds is 3. The first-order valence-electron chi connectivity index (χ1n) is 7.83. The minimum Gasteiger partial charge on any atom is -0.479 e. The first-order valence-corrected chi connectivity index (χ1v) is 7.83. The molecule has 2 aliphatic rings. The van der Waals surface area contributed by atoms with Crippen LogP contribution in [0.2, 0.25) is 0 Å². The summed E-state index contributed by atoms with van der Waals surface area (Å²) in [6, 6.07) is 1.39. The molecule has 3 heterocycles. The Kier molecular flexibility index (Phi) is 4.56. The lowest BCUT2D eigenvalue weighted by Crippen LogP contribution is -2.41. The van der Waals surface area contributed by atoms with Crippen LogP contribution in [0.3, 0.4) is 0 Å². The molecule has 0 spiro atoms. The van der Waals surface area contributed by atoms with Gasteiger partial charge in [-0.25, -0.2) is 9.18 Å². The Bertz CT molecular complexity index is 601. The average Bonchev–Trinajstić information content (AvgIpc) is 3.05. The average molecular weight is 322 g/mol. The van der Waals surface area contributed by atoms with Crippen LogP contribution in [0.4, 0.5) is 4.39 Å². The van der Waals surface area contributed by atoms with Gasteiger partial charge in [-0.05, 0) is 37.7 Å². The van der Waals surface area contributed by atoms with Gasteiger partial charge >= 0.3 is 5.97 Å². The van der Waals surface area contributed by atoms with E-state index in [1.54, 1.807) is 4.90 Å². The third-order valence-electron chi connectivity index (χ3n) is 4.68. The summed E-state index contributed by atoms with van der Waals surface area (Å²) >= 11 is 0. The number of ether oxygens (including phenoxy) is 1. The summed E-state index contributed by atoms with van der Waals surface area (Å²) in [5.74, 6) is -1.58. The molecule has 2 fully saturated rings. The summed E-state index contributed by atoms with van der Waals surface area (Å²) in [6.07, 6.45) is 4.47. The van der Waals surface area contributed by atoms with Crippen LogP contribution >= 0.6 is 0 Å². The lowest BCUT2D eigenvalue weighted by molar-refractivity contribution is -0.150. The van der Waals surface area contributed by atoms with Crippen molar-refractivity contribution in [2.45, 2.75) is 37.9 Å². The maximum Gasteiger partial charge on any atom is 0.332 e. The molecule has 1 amide bonds. The Labute approximate surface area is 133 Å². The number of carbonyl (C=O) groups excluding carboxylic acids is 1. The number of nitrogens with zero attached hydrogens (tertiary/aromatic N) is 2. The van der Waals surface area contributed by atoms with Crippen molar-refractivity contribution in [1.82, 2.24) is 9.88 Å². The van der Waals surface area contributed by atoms with Gasteiger partial charge in [0.25, 0.3) is 5.91 Å². The van der Waals surface area contributed by atoms with Gasteiger partial charge in [-0.3, -0.25) is 9.78 Å². The van der Waals surface area contributed by atoms with Crippen molar-refractivity contribution in [3.05, 3.63) is 29.8 Å². The molecule has 3 rings (SSSR count). The SMILES string of the molecule is O=C(O)[C@H]1CC[C@@H](C2CCN(C(=O)c3ccncc3F)CC2)O1. The van der Waals surface area contributed by atoms with Gasteiger partial charge in [0.1, 0.15) is 0 Å². The van der Waals surface area contributed by atoms with Gasteiger partial charge in [0, 0.05) is 19.3 Å². The Morgan fingerprint density at radius 1 is 1.26 bits per heavy atom. The fourth-order valence-electron chi connectivity index (χ4n) is 3.38. The minimum absolute atomic E-state index is 0.0431. The number of halogens is 1. The van der Waals surface area contributed by atoms with Crippen LogP contribution in [0, 0.1) is 11.7 Å². The van der Waals surface area contributed by atoms with Crippen molar-refractivity contribution in [3.8, 4) is 0 Å². The molecule has 2 aliphatic heterocycles. The summed E-state index contributed by atoms with van der Waals surface area (Å²) < 4.78 is 19.2. The highest BCUT2D eigenvalue weighted by Crippen LogP contribution is 2.32. The molecular weight excluding hydrogens is 303 g/mol. The molecule has 1 aromatic heterocycles. The normalized spacial score (nSPS) is 25.5. The van der Waals surface area contributed by atoms with E-state index in [1.807, 2.05) is 0 Å². The highest BCUT2D eigenvalue weighted by Gasteiger charge is 2.37. The number of amides is 1. The van der Waals surface area contributed by atoms with E-state index in [9.17, 15) is 14.0 Å². The van der Waals surface area contributed by atoms with Crippen molar-refractivity contribution in [3.63, 3.8) is 0 Å². The third-order valence-corrected chi connectivity index (χ3v) is 4.68. The second-order valence-corrected chi connectivity index (χ2v) is 6.06. The largest absolute Gasteiger partial charge is 0.479 e. The Morgan fingerprint density at radius 2 is 2.00 bits per heavy atom. The fourth-order valence-corrected chi connectivity index (χ4v) is 3.38. The van der Waals surface area contributed by atoms with Crippen LogP contribution in [0.15, 0.2) is 18.5 Å². The zero-order valence-corrected chi connectivity index (χ0v) is 12.7. The second-order valence-electron chi connectivity index (χ2n) is 6.06. The molecule has 23 heavy (non-hydrogen) atoms. The van der Waals surface area contributed by atoms with Crippen LogP contribution in [0.5, 0.6) is 0 Å². The zero-order chi connectivity index (χ0) is 16.4. The van der Waals surface area contributed by atoms with E-state index in [0.29, 0.717) is 19.5 Å². The van der Waals surface area contributed by atoms with Gasteiger partial charge < -0.3 is 14.7 Å². The van der Waals surface area contributed by atoms with Gasteiger partial charge in [0.05, 0.1) is 17.9 Å². The lowest BCUT2D eigenvalue weighted by Gasteiger charge is -2.34. The number of carboxylic acids is 1. The predicted octanol–water partition coefficient (Wildman–Crippen LogP) is 1.71. The quantitative estimate of drug-likeness (QED) is 0.916. The van der Waals surface area contributed by atoms with E-state index in [0.717, 1.165) is 25.5 Å². The number of hydrogen-bond acceptors (Lipinski definition) is 4. The Morgan fingerprint density at radius 3 is 2.61 bits per heavy atom. The molecule has 1 aromatic rings. The van der Waals surface area contributed by atoms with Crippen LogP contribution in [-0.4, -0.2) is 52.2 Å². The van der Waals surface area contributed by atoms with E-state index in [-0.39, 0.29) is 23.5 Å². The minimum atomic E-state index is -0.909. The smallest absolute Gasteiger partial charge is 0.332 e. The van der Waals surface area contributed by atoms with Crippen molar-refractivity contribution >= 4 is 11.9 Å². The van der Waals surface area contributed by atoms with Gasteiger partial charge in [0.15, 0.2) is 11.9 Å². The van der Waals surface area contributed by atoms with E-state index in [1.165, 1.54) is 12.3 Å².